The number of hydrogen-bond acceptors (Lipinski definition) is 3. The zero-order valence-electron chi connectivity index (χ0n) is 8.33. The molecule has 1 aromatic heterocycles. The van der Waals surface area contributed by atoms with Gasteiger partial charge in [-0.05, 0) is 18.2 Å². The number of carbonyl (C=O) groups excluding carboxylic acids is 1. The topological polar surface area (TPSA) is 78.0 Å². The standard InChI is InChI=1S/C10H10ClN3O2/c11-6-1-2-7-8(5-6)13-9(12-7)3-4-10(15)14-16/h1-2,5,16H,3-4H2,(H,12,13)(H,14,15). The number of hydroxylamine groups is 1. The lowest BCUT2D eigenvalue weighted by Gasteiger charge is -1.94. The molecule has 0 aliphatic rings. The molecule has 5 nitrogen and oxygen atoms in total. The third-order valence-corrected chi connectivity index (χ3v) is 2.44. The normalized spacial score (nSPS) is 10.6. The van der Waals surface area contributed by atoms with Crippen molar-refractivity contribution in [2.24, 2.45) is 0 Å². The number of benzene rings is 1. The molecule has 0 aliphatic carbocycles. The highest BCUT2D eigenvalue weighted by Crippen LogP contribution is 2.17. The lowest BCUT2D eigenvalue weighted by atomic mass is 10.3. The van der Waals surface area contributed by atoms with Gasteiger partial charge in [-0.1, -0.05) is 11.6 Å². The lowest BCUT2D eigenvalue weighted by molar-refractivity contribution is -0.129. The van der Waals surface area contributed by atoms with Crippen LogP contribution >= 0.6 is 11.6 Å². The van der Waals surface area contributed by atoms with Gasteiger partial charge in [0.1, 0.15) is 5.82 Å². The molecule has 84 valence electrons. The van der Waals surface area contributed by atoms with Crippen molar-refractivity contribution in [1.29, 1.82) is 0 Å². The predicted octanol–water partition coefficient (Wildman–Crippen LogP) is 1.65. The van der Waals surface area contributed by atoms with Crippen molar-refractivity contribution >= 4 is 28.5 Å². The molecule has 2 aromatic rings. The van der Waals surface area contributed by atoms with Crippen LogP contribution in [-0.2, 0) is 11.2 Å². The summed E-state index contributed by atoms with van der Waals surface area (Å²) in [6, 6.07) is 5.36. The number of rotatable bonds is 3. The van der Waals surface area contributed by atoms with E-state index in [1.165, 1.54) is 0 Å². The number of aromatic nitrogens is 2. The van der Waals surface area contributed by atoms with E-state index >= 15 is 0 Å². The molecule has 0 saturated carbocycles. The van der Waals surface area contributed by atoms with E-state index in [-0.39, 0.29) is 6.42 Å². The van der Waals surface area contributed by atoms with Gasteiger partial charge < -0.3 is 4.98 Å². The van der Waals surface area contributed by atoms with Crippen molar-refractivity contribution < 1.29 is 10.0 Å². The number of hydrogen-bond donors (Lipinski definition) is 3. The van der Waals surface area contributed by atoms with Gasteiger partial charge in [0.15, 0.2) is 0 Å². The second-order valence-corrected chi connectivity index (χ2v) is 3.82. The highest BCUT2D eigenvalue weighted by atomic mass is 35.5. The van der Waals surface area contributed by atoms with E-state index in [9.17, 15) is 4.79 Å². The average Bonchev–Trinajstić information content (AvgIpc) is 2.67. The highest BCUT2D eigenvalue weighted by molar-refractivity contribution is 6.31. The maximum absolute atomic E-state index is 10.8. The number of aryl methyl sites for hydroxylation is 1. The van der Waals surface area contributed by atoms with E-state index in [1.807, 2.05) is 6.07 Å². The van der Waals surface area contributed by atoms with Gasteiger partial charge in [0.25, 0.3) is 0 Å². The second kappa shape index (κ2) is 4.51. The molecule has 0 radical (unpaired) electrons. The molecule has 0 spiro atoms. The molecule has 1 amide bonds. The number of imidazole rings is 1. The Morgan fingerprint density at radius 2 is 2.38 bits per heavy atom. The summed E-state index contributed by atoms with van der Waals surface area (Å²) >= 11 is 5.83. The first-order valence-corrected chi connectivity index (χ1v) is 5.14. The van der Waals surface area contributed by atoms with E-state index in [2.05, 4.69) is 9.97 Å². The van der Waals surface area contributed by atoms with Crippen LogP contribution in [-0.4, -0.2) is 21.1 Å². The number of carbonyl (C=O) groups is 1. The minimum absolute atomic E-state index is 0.185. The van der Waals surface area contributed by atoms with Crippen LogP contribution in [0.4, 0.5) is 0 Å². The molecule has 2 rings (SSSR count). The van der Waals surface area contributed by atoms with Gasteiger partial charge in [-0.15, -0.1) is 0 Å². The molecule has 16 heavy (non-hydrogen) atoms. The Kier molecular flexibility index (Phi) is 3.07. The fourth-order valence-electron chi connectivity index (χ4n) is 1.44. The Morgan fingerprint density at radius 1 is 1.56 bits per heavy atom. The lowest BCUT2D eigenvalue weighted by Crippen LogP contribution is -2.18. The molecule has 1 heterocycles. The number of nitrogens with zero attached hydrogens (tertiary/aromatic N) is 1. The highest BCUT2D eigenvalue weighted by Gasteiger charge is 2.05. The molecule has 0 bridgehead atoms. The van der Waals surface area contributed by atoms with Crippen molar-refractivity contribution in [3.63, 3.8) is 0 Å². The second-order valence-electron chi connectivity index (χ2n) is 3.38. The molecular formula is C10H10ClN3O2. The number of aromatic amines is 1. The SMILES string of the molecule is O=C(CCc1nc2cc(Cl)ccc2[nH]1)NO. The van der Waals surface area contributed by atoms with Crippen LogP contribution in [0.3, 0.4) is 0 Å². The summed E-state index contributed by atoms with van der Waals surface area (Å²) in [5, 5.41) is 8.97. The summed E-state index contributed by atoms with van der Waals surface area (Å²) in [4.78, 5) is 18.2. The largest absolute Gasteiger partial charge is 0.342 e. The Morgan fingerprint density at radius 3 is 3.12 bits per heavy atom. The summed E-state index contributed by atoms with van der Waals surface area (Å²) in [6.45, 7) is 0. The van der Waals surface area contributed by atoms with Gasteiger partial charge in [0, 0.05) is 17.9 Å². The Bertz CT molecular complexity index is 524. The van der Waals surface area contributed by atoms with Crippen LogP contribution in [0.5, 0.6) is 0 Å². The van der Waals surface area contributed by atoms with Crippen molar-refractivity contribution in [3.8, 4) is 0 Å². The van der Waals surface area contributed by atoms with Crippen LogP contribution in [0.25, 0.3) is 11.0 Å². The minimum atomic E-state index is -0.432. The van der Waals surface area contributed by atoms with Crippen LogP contribution in [0.2, 0.25) is 5.02 Å². The van der Waals surface area contributed by atoms with Gasteiger partial charge >= 0.3 is 0 Å². The van der Waals surface area contributed by atoms with E-state index in [0.29, 0.717) is 17.3 Å². The molecule has 0 atom stereocenters. The summed E-state index contributed by atoms with van der Waals surface area (Å²) < 4.78 is 0. The first kappa shape index (κ1) is 10.9. The van der Waals surface area contributed by atoms with Crippen LogP contribution in [0.15, 0.2) is 18.2 Å². The van der Waals surface area contributed by atoms with Crippen molar-refractivity contribution in [2.45, 2.75) is 12.8 Å². The predicted molar refractivity (Wildman–Crippen MR) is 59.4 cm³/mol. The summed E-state index contributed by atoms with van der Waals surface area (Å²) in [6.07, 6.45) is 0.628. The third-order valence-electron chi connectivity index (χ3n) is 2.21. The summed E-state index contributed by atoms with van der Waals surface area (Å²) in [5.41, 5.74) is 3.23. The van der Waals surface area contributed by atoms with Crippen LogP contribution in [0.1, 0.15) is 12.2 Å². The Balaban J connectivity index is 2.16. The number of amides is 1. The summed E-state index contributed by atoms with van der Waals surface area (Å²) in [5.74, 6) is 0.263. The number of fused-ring (bicyclic) bond motifs is 1. The molecule has 1 aromatic carbocycles. The third kappa shape index (κ3) is 2.32. The molecular weight excluding hydrogens is 230 g/mol. The van der Waals surface area contributed by atoms with Gasteiger partial charge in [-0.2, -0.15) is 0 Å². The fourth-order valence-corrected chi connectivity index (χ4v) is 1.60. The monoisotopic (exact) mass is 239 g/mol. The number of halogens is 1. The average molecular weight is 240 g/mol. The molecule has 0 fully saturated rings. The first-order chi connectivity index (χ1) is 7.69. The molecule has 3 N–H and O–H groups in total. The van der Waals surface area contributed by atoms with E-state index in [4.69, 9.17) is 16.8 Å². The van der Waals surface area contributed by atoms with Gasteiger partial charge in [-0.3, -0.25) is 10.0 Å². The number of nitrogens with one attached hydrogen (secondary N) is 2. The van der Waals surface area contributed by atoms with E-state index in [0.717, 1.165) is 11.0 Å². The molecule has 0 unspecified atom stereocenters. The molecule has 0 aliphatic heterocycles. The first-order valence-electron chi connectivity index (χ1n) is 4.76. The van der Waals surface area contributed by atoms with Crippen molar-refractivity contribution in [3.05, 3.63) is 29.0 Å². The minimum Gasteiger partial charge on any atom is -0.342 e. The molecule has 6 heteroatoms. The quantitative estimate of drug-likeness (QED) is 0.563. The zero-order valence-corrected chi connectivity index (χ0v) is 9.08. The Labute approximate surface area is 96.4 Å². The fraction of sp³-hybridized carbons (Fsp3) is 0.200. The molecule has 0 saturated heterocycles. The van der Waals surface area contributed by atoms with Gasteiger partial charge in [-0.25, -0.2) is 10.5 Å². The van der Waals surface area contributed by atoms with E-state index in [1.54, 1.807) is 17.6 Å². The Hall–Kier alpha value is -1.59. The summed E-state index contributed by atoms with van der Waals surface area (Å²) in [7, 11) is 0. The van der Waals surface area contributed by atoms with Crippen LogP contribution < -0.4 is 5.48 Å². The van der Waals surface area contributed by atoms with Gasteiger partial charge in [0.2, 0.25) is 5.91 Å². The van der Waals surface area contributed by atoms with Crippen molar-refractivity contribution in [1.82, 2.24) is 15.4 Å². The number of H-pyrrole nitrogens is 1. The van der Waals surface area contributed by atoms with Crippen molar-refractivity contribution in [2.75, 3.05) is 0 Å². The van der Waals surface area contributed by atoms with Crippen LogP contribution in [0, 0.1) is 0 Å². The smallest absolute Gasteiger partial charge is 0.243 e. The maximum atomic E-state index is 10.8. The van der Waals surface area contributed by atoms with Gasteiger partial charge in [0.05, 0.1) is 11.0 Å². The van der Waals surface area contributed by atoms with E-state index < -0.39 is 5.91 Å². The zero-order chi connectivity index (χ0) is 11.5. The maximum Gasteiger partial charge on any atom is 0.243 e.